The van der Waals surface area contributed by atoms with Gasteiger partial charge in [-0.25, -0.2) is 4.39 Å². The van der Waals surface area contributed by atoms with E-state index < -0.39 is 5.82 Å². The number of rotatable bonds is 2. The maximum Gasteiger partial charge on any atom is 0.286 e. The highest BCUT2D eigenvalue weighted by Gasteiger charge is 2.06. The minimum Gasteiger partial charge on any atom is -0.357 e. The molecule has 0 atom stereocenters. The van der Waals surface area contributed by atoms with Gasteiger partial charge in [-0.15, -0.1) is 0 Å². The van der Waals surface area contributed by atoms with E-state index in [2.05, 4.69) is 21.2 Å². The molecule has 1 amide bonds. The van der Waals surface area contributed by atoms with Crippen molar-refractivity contribution in [3.8, 4) is 0 Å². The molecule has 0 fully saturated rings. The summed E-state index contributed by atoms with van der Waals surface area (Å²) in [6, 6.07) is 7.39. The second-order valence-corrected chi connectivity index (χ2v) is 4.56. The molecule has 20 heavy (non-hydrogen) atoms. The summed E-state index contributed by atoms with van der Waals surface area (Å²) >= 11 is 10.6. The van der Waals surface area contributed by atoms with Gasteiger partial charge in [0.25, 0.3) is 5.91 Å². The lowest BCUT2D eigenvalue weighted by molar-refractivity contribution is 0.0940. The van der Waals surface area contributed by atoms with Crippen molar-refractivity contribution in [2.75, 3.05) is 5.32 Å². The minimum absolute atomic E-state index is 0.0202. The number of hydrogen-bond acceptors (Lipinski definition) is 2. The van der Waals surface area contributed by atoms with E-state index in [0.717, 1.165) is 0 Å². The second kappa shape index (κ2) is 6.36. The zero-order valence-corrected chi connectivity index (χ0v) is 11.6. The molecular weight excluding hydrogens is 303 g/mol. The molecule has 1 aromatic heterocycles. The van der Waals surface area contributed by atoms with Crippen LogP contribution in [0, 0.1) is 5.82 Å². The van der Waals surface area contributed by atoms with Crippen LogP contribution in [0.2, 0.25) is 5.02 Å². The van der Waals surface area contributed by atoms with Crippen LogP contribution in [0.3, 0.4) is 0 Å². The van der Waals surface area contributed by atoms with Gasteiger partial charge in [0.05, 0.1) is 5.02 Å². The van der Waals surface area contributed by atoms with Gasteiger partial charge in [-0.2, -0.15) is 0 Å². The Morgan fingerprint density at radius 2 is 2.10 bits per heavy atom. The van der Waals surface area contributed by atoms with Gasteiger partial charge in [-0.1, -0.05) is 11.6 Å². The van der Waals surface area contributed by atoms with Crippen molar-refractivity contribution in [2.45, 2.75) is 0 Å². The van der Waals surface area contributed by atoms with E-state index in [9.17, 15) is 9.18 Å². The SMILES string of the molecule is O=C(NNC(=S)Nc1ccc(F)c(Cl)c1)c1ccc[nH]1. The zero-order chi connectivity index (χ0) is 14.5. The molecular formula is C12H10ClFN4OS. The van der Waals surface area contributed by atoms with Gasteiger partial charge in [0.2, 0.25) is 0 Å². The quantitative estimate of drug-likeness (QED) is 0.508. The van der Waals surface area contributed by atoms with Gasteiger partial charge >= 0.3 is 0 Å². The number of benzene rings is 1. The van der Waals surface area contributed by atoms with Crippen molar-refractivity contribution in [3.05, 3.63) is 53.1 Å². The number of aromatic nitrogens is 1. The molecule has 0 saturated carbocycles. The van der Waals surface area contributed by atoms with Crippen molar-refractivity contribution in [1.29, 1.82) is 0 Å². The molecule has 4 N–H and O–H groups in total. The van der Waals surface area contributed by atoms with Crippen LogP contribution in [-0.2, 0) is 0 Å². The average Bonchev–Trinajstić information content (AvgIpc) is 2.94. The second-order valence-electron chi connectivity index (χ2n) is 3.75. The van der Waals surface area contributed by atoms with Crippen LogP contribution in [0.4, 0.5) is 10.1 Å². The summed E-state index contributed by atoms with van der Waals surface area (Å²) in [4.78, 5) is 14.3. The van der Waals surface area contributed by atoms with E-state index in [1.165, 1.54) is 18.2 Å². The van der Waals surface area contributed by atoms with Crippen LogP contribution in [0.5, 0.6) is 0 Å². The number of hydrazine groups is 1. The van der Waals surface area contributed by atoms with Crippen molar-refractivity contribution >= 4 is 40.5 Å². The average molecular weight is 313 g/mol. The lowest BCUT2D eigenvalue weighted by Gasteiger charge is -2.11. The summed E-state index contributed by atoms with van der Waals surface area (Å²) in [5.41, 5.74) is 5.81. The lowest BCUT2D eigenvalue weighted by atomic mass is 10.3. The maximum atomic E-state index is 13.0. The lowest BCUT2D eigenvalue weighted by Crippen LogP contribution is -2.43. The molecule has 0 saturated heterocycles. The molecule has 0 aliphatic heterocycles. The molecule has 1 heterocycles. The van der Waals surface area contributed by atoms with Crippen molar-refractivity contribution in [3.63, 3.8) is 0 Å². The Kier molecular flexibility index (Phi) is 4.54. The number of amides is 1. The van der Waals surface area contributed by atoms with Crippen molar-refractivity contribution < 1.29 is 9.18 Å². The predicted molar refractivity (Wildman–Crippen MR) is 79.0 cm³/mol. The summed E-state index contributed by atoms with van der Waals surface area (Å²) in [7, 11) is 0. The van der Waals surface area contributed by atoms with E-state index in [0.29, 0.717) is 11.4 Å². The monoisotopic (exact) mass is 312 g/mol. The van der Waals surface area contributed by atoms with E-state index in [1.54, 1.807) is 18.3 Å². The van der Waals surface area contributed by atoms with E-state index in [1.807, 2.05) is 0 Å². The first kappa shape index (κ1) is 14.3. The van der Waals surface area contributed by atoms with E-state index >= 15 is 0 Å². The predicted octanol–water partition coefficient (Wildman–Crippen LogP) is 2.44. The summed E-state index contributed by atoms with van der Waals surface area (Å²) < 4.78 is 13.0. The molecule has 1 aromatic carbocycles. The van der Waals surface area contributed by atoms with Crippen LogP contribution < -0.4 is 16.2 Å². The Labute approximate surface area is 124 Å². The third kappa shape index (κ3) is 3.69. The molecule has 0 bridgehead atoms. The summed E-state index contributed by atoms with van der Waals surface area (Å²) in [5.74, 6) is -0.882. The molecule has 2 aromatic rings. The van der Waals surface area contributed by atoms with Gasteiger partial charge in [0.1, 0.15) is 11.5 Å². The molecule has 0 radical (unpaired) electrons. The number of carbonyl (C=O) groups is 1. The fraction of sp³-hybridized carbons (Fsp3) is 0. The molecule has 8 heteroatoms. The highest BCUT2D eigenvalue weighted by Crippen LogP contribution is 2.19. The summed E-state index contributed by atoms with van der Waals surface area (Å²) in [6.45, 7) is 0. The Morgan fingerprint density at radius 3 is 2.75 bits per heavy atom. The number of aromatic amines is 1. The third-order valence-electron chi connectivity index (χ3n) is 2.31. The van der Waals surface area contributed by atoms with Gasteiger partial charge in [-0.3, -0.25) is 15.6 Å². The van der Waals surface area contributed by atoms with Gasteiger partial charge in [0, 0.05) is 11.9 Å². The highest BCUT2D eigenvalue weighted by atomic mass is 35.5. The number of H-pyrrole nitrogens is 1. The van der Waals surface area contributed by atoms with Crippen LogP contribution >= 0.6 is 23.8 Å². The van der Waals surface area contributed by atoms with Crippen LogP contribution in [0.15, 0.2) is 36.5 Å². The van der Waals surface area contributed by atoms with Gasteiger partial charge in [0.15, 0.2) is 5.11 Å². The van der Waals surface area contributed by atoms with Gasteiger partial charge < -0.3 is 10.3 Å². The summed E-state index contributed by atoms with van der Waals surface area (Å²) in [5, 5.41) is 2.88. The number of anilines is 1. The normalized spacial score (nSPS) is 9.90. The fourth-order valence-corrected chi connectivity index (χ4v) is 1.74. The largest absolute Gasteiger partial charge is 0.357 e. The standard InChI is InChI=1S/C12H10ClFN4OS/c13-8-6-7(3-4-9(8)14)16-12(20)18-17-11(19)10-2-1-5-15-10/h1-6,15H,(H,17,19)(H2,16,18,20). The maximum absolute atomic E-state index is 13.0. The van der Waals surface area contributed by atoms with Crippen LogP contribution in [-0.4, -0.2) is 16.0 Å². The fourth-order valence-electron chi connectivity index (χ4n) is 1.39. The van der Waals surface area contributed by atoms with Gasteiger partial charge in [-0.05, 0) is 42.5 Å². The van der Waals surface area contributed by atoms with Crippen LogP contribution in [0.1, 0.15) is 10.5 Å². The van der Waals surface area contributed by atoms with E-state index in [4.69, 9.17) is 23.8 Å². The molecule has 104 valence electrons. The first-order valence-electron chi connectivity index (χ1n) is 5.52. The minimum atomic E-state index is -0.517. The third-order valence-corrected chi connectivity index (χ3v) is 2.80. The number of nitrogens with one attached hydrogen (secondary N) is 4. The number of halogens is 2. The van der Waals surface area contributed by atoms with Crippen LogP contribution in [0.25, 0.3) is 0 Å². The first-order chi connectivity index (χ1) is 9.56. The number of carbonyl (C=O) groups excluding carboxylic acids is 1. The first-order valence-corrected chi connectivity index (χ1v) is 6.30. The Hall–Kier alpha value is -2.12. The summed E-state index contributed by atoms with van der Waals surface area (Å²) in [6.07, 6.45) is 1.63. The molecule has 2 rings (SSSR count). The molecule has 0 unspecified atom stereocenters. The molecule has 5 nitrogen and oxygen atoms in total. The van der Waals surface area contributed by atoms with Crippen molar-refractivity contribution in [2.24, 2.45) is 0 Å². The topological polar surface area (TPSA) is 69.0 Å². The Balaban J connectivity index is 1.86. The molecule has 0 spiro atoms. The molecule has 0 aliphatic carbocycles. The number of thiocarbonyl (C=S) groups is 1. The van der Waals surface area contributed by atoms with E-state index in [-0.39, 0.29) is 16.0 Å². The smallest absolute Gasteiger partial charge is 0.286 e. The van der Waals surface area contributed by atoms with Crippen molar-refractivity contribution in [1.82, 2.24) is 15.8 Å². The Bertz CT molecular complexity index is 632. The molecule has 0 aliphatic rings. The Morgan fingerprint density at radius 1 is 1.30 bits per heavy atom. The number of hydrogen-bond donors (Lipinski definition) is 4. The zero-order valence-electron chi connectivity index (χ0n) is 10.0. The highest BCUT2D eigenvalue weighted by molar-refractivity contribution is 7.80.